The molecule has 1 heterocycles. The zero-order valence-corrected chi connectivity index (χ0v) is 13.5. The number of anilines is 2. The summed E-state index contributed by atoms with van der Waals surface area (Å²) in [6.45, 7) is 1.71. The van der Waals surface area contributed by atoms with Gasteiger partial charge in [-0.25, -0.2) is 0 Å². The normalized spacial score (nSPS) is 15.3. The average molecular weight is 295 g/mol. The van der Waals surface area contributed by atoms with E-state index < -0.39 is 0 Å². The molecular formula is C19H25N3. The smallest absolute Gasteiger partial charge is 0.0664 e. The van der Waals surface area contributed by atoms with Gasteiger partial charge in [0, 0.05) is 38.6 Å². The predicted molar refractivity (Wildman–Crippen MR) is 94.7 cm³/mol. The van der Waals surface area contributed by atoms with Crippen LogP contribution in [0.4, 0.5) is 11.4 Å². The Balaban J connectivity index is 1.92. The second kappa shape index (κ2) is 6.41. The summed E-state index contributed by atoms with van der Waals surface area (Å²) in [4.78, 5) is 4.60. The van der Waals surface area contributed by atoms with Crippen molar-refractivity contribution in [3.05, 3.63) is 59.7 Å². The van der Waals surface area contributed by atoms with E-state index in [0.717, 1.165) is 6.54 Å². The van der Waals surface area contributed by atoms with Gasteiger partial charge in [0.05, 0.1) is 6.04 Å². The van der Waals surface area contributed by atoms with Crippen LogP contribution in [0.3, 0.4) is 0 Å². The number of aryl methyl sites for hydroxylation is 1. The summed E-state index contributed by atoms with van der Waals surface area (Å²) in [7, 11) is 4.13. The molecule has 0 aromatic heterocycles. The molecule has 1 aliphatic heterocycles. The number of benzene rings is 2. The van der Waals surface area contributed by atoms with Gasteiger partial charge in [-0.15, -0.1) is 0 Å². The number of hydrogen-bond donors (Lipinski definition) is 1. The van der Waals surface area contributed by atoms with Crippen LogP contribution >= 0.6 is 0 Å². The molecule has 3 nitrogen and oxygen atoms in total. The molecular weight excluding hydrogens is 270 g/mol. The SMILES string of the molecule is CN(C)c1ccc(C(CN)N2CCCc3ccccc32)cc1. The van der Waals surface area contributed by atoms with E-state index in [9.17, 15) is 0 Å². The van der Waals surface area contributed by atoms with Crippen molar-refractivity contribution in [2.75, 3.05) is 37.0 Å². The molecule has 0 saturated heterocycles. The lowest BCUT2D eigenvalue weighted by Gasteiger charge is -2.38. The summed E-state index contributed by atoms with van der Waals surface area (Å²) < 4.78 is 0. The molecule has 116 valence electrons. The minimum absolute atomic E-state index is 0.248. The van der Waals surface area contributed by atoms with Gasteiger partial charge in [0.15, 0.2) is 0 Å². The highest BCUT2D eigenvalue weighted by Gasteiger charge is 2.24. The minimum Gasteiger partial charge on any atom is -0.378 e. The Morgan fingerprint density at radius 1 is 1.09 bits per heavy atom. The van der Waals surface area contributed by atoms with E-state index in [1.54, 1.807) is 0 Å². The lowest BCUT2D eigenvalue weighted by Crippen LogP contribution is -2.37. The van der Waals surface area contributed by atoms with Crippen LogP contribution in [0.5, 0.6) is 0 Å². The van der Waals surface area contributed by atoms with E-state index in [2.05, 4.69) is 72.4 Å². The molecule has 0 saturated carbocycles. The summed E-state index contributed by atoms with van der Waals surface area (Å²) >= 11 is 0. The van der Waals surface area contributed by atoms with Gasteiger partial charge in [0.1, 0.15) is 0 Å². The fraction of sp³-hybridized carbons (Fsp3) is 0.368. The van der Waals surface area contributed by atoms with Crippen LogP contribution in [-0.2, 0) is 6.42 Å². The first kappa shape index (κ1) is 14.9. The fourth-order valence-corrected chi connectivity index (χ4v) is 3.32. The number of nitrogens with two attached hydrogens (primary N) is 1. The standard InChI is InChI=1S/C19H25N3/c1-21(2)17-11-9-16(10-12-17)19(14-20)22-13-5-7-15-6-3-4-8-18(15)22/h3-4,6,8-12,19H,5,7,13-14,20H2,1-2H3. The number of nitrogens with zero attached hydrogens (tertiary/aromatic N) is 2. The molecule has 1 aliphatic rings. The van der Waals surface area contributed by atoms with Crippen molar-refractivity contribution < 1.29 is 0 Å². The van der Waals surface area contributed by atoms with Gasteiger partial charge < -0.3 is 15.5 Å². The van der Waals surface area contributed by atoms with Gasteiger partial charge in [0.25, 0.3) is 0 Å². The Morgan fingerprint density at radius 2 is 1.82 bits per heavy atom. The first-order chi connectivity index (χ1) is 10.7. The largest absolute Gasteiger partial charge is 0.378 e. The lowest BCUT2D eigenvalue weighted by atomic mass is 9.97. The van der Waals surface area contributed by atoms with Crippen LogP contribution < -0.4 is 15.5 Å². The van der Waals surface area contributed by atoms with E-state index in [4.69, 9.17) is 5.73 Å². The number of fused-ring (bicyclic) bond motifs is 1. The third-order valence-corrected chi connectivity index (χ3v) is 4.54. The molecule has 1 atom stereocenters. The lowest BCUT2D eigenvalue weighted by molar-refractivity contribution is 0.588. The van der Waals surface area contributed by atoms with E-state index in [1.807, 2.05) is 0 Å². The maximum absolute atomic E-state index is 6.14. The Morgan fingerprint density at radius 3 is 2.50 bits per heavy atom. The Kier molecular flexibility index (Phi) is 4.34. The topological polar surface area (TPSA) is 32.5 Å². The van der Waals surface area contributed by atoms with Crippen LogP contribution in [-0.4, -0.2) is 27.2 Å². The quantitative estimate of drug-likeness (QED) is 0.940. The van der Waals surface area contributed by atoms with Gasteiger partial charge in [-0.05, 0) is 42.2 Å². The molecule has 2 aromatic rings. The molecule has 0 amide bonds. The minimum atomic E-state index is 0.248. The van der Waals surface area contributed by atoms with Crippen molar-refractivity contribution in [2.45, 2.75) is 18.9 Å². The molecule has 0 fully saturated rings. The molecule has 1 unspecified atom stereocenters. The predicted octanol–water partition coefficient (Wildman–Crippen LogP) is 3.21. The summed E-state index contributed by atoms with van der Waals surface area (Å²) in [5.74, 6) is 0. The fourth-order valence-electron chi connectivity index (χ4n) is 3.32. The molecule has 0 radical (unpaired) electrons. The molecule has 2 aromatic carbocycles. The van der Waals surface area contributed by atoms with Crippen molar-refractivity contribution in [1.82, 2.24) is 0 Å². The molecule has 3 heteroatoms. The molecule has 0 spiro atoms. The second-order valence-corrected chi connectivity index (χ2v) is 6.16. The van der Waals surface area contributed by atoms with Crippen LogP contribution in [0.15, 0.2) is 48.5 Å². The van der Waals surface area contributed by atoms with Gasteiger partial charge in [0.2, 0.25) is 0 Å². The van der Waals surface area contributed by atoms with Gasteiger partial charge in [-0.1, -0.05) is 30.3 Å². The summed E-state index contributed by atoms with van der Waals surface area (Å²) in [5, 5.41) is 0. The van der Waals surface area contributed by atoms with Crippen LogP contribution in [0.1, 0.15) is 23.6 Å². The summed E-state index contributed by atoms with van der Waals surface area (Å²) in [5.41, 5.74) is 11.4. The zero-order valence-electron chi connectivity index (χ0n) is 13.5. The van der Waals surface area contributed by atoms with Crippen molar-refractivity contribution in [2.24, 2.45) is 5.73 Å². The number of hydrogen-bond acceptors (Lipinski definition) is 3. The Labute approximate surface area is 133 Å². The van der Waals surface area contributed by atoms with Crippen molar-refractivity contribution in [1.29, 1.82) is 0 Å². The molecule has 22 heavy (non-hydrogen) atoms. The monoisotopic (exact) mass is 295 g/mol. The van der Waals surface area contributed by atoms with Gasteiger partial charge in [-0.2, -0.15) is 0 Å². The highest BCUT2D eigenvalue weighted by Crippen LogP contribution is 2.34. The van der Waals surface area contributed by atoms with Crippen molar-refractivity contribution in [3.8, 4) is 0 Å². The molecule has 3 rings (SSSR count). The maximum Gasteiger partial charge on any atom is 0.0664 e. The molecule has 0 aliphatic carbocycles. The zero-order chi connectivity index (χ0) is 15.5. The summed E-state index contributed by atoms with van der Waals surface area (Å²) in [6.07, 6.45) is 2.37. The van der Waals surface area contributed by atoms with E-state index in [0.29, 0.717) is 6.54 Å². The third kappa shape index (κ3) is 2.81. The first-order valence-electron chi connectivity index (χ1n) is 8.02. The maximum atomic E-state index is 6.14. The summed E-state index contributed by atoms with van der Waals surface area (Å²) in [6, 6.07) is 17.7. The van der Waals surface area contributed by atoms with Crippen LogP contribution in [0, 0.1) is 0 Å². The number of rotatable bonds is 4. The van der Waals surface area contributed by atoms with Gasteiger partial charge >= 0.3 is 0 Å². The van der Waals surface area contributed by atoms with Crippen molar-refractivity contribution in [3.63, 3.8) is 0 Å². The highest BCUT2D eigenvalue weighted by molar-refractivity contribution is 5.58. The van der Waals surface area contributed by atoms with Crippen molar-refractivity contribution >= 4 is 11.4 Å². The Hall–Kier alpha value is -2.00. The third-order valence-electron chi connectivity index (χ3n) is 4.54. The Bertz CT molecular complexity index is 619. The average Bonchev–Trinajstić information content (AvgIpc) is 2.56. The van der Waals surface area contributed by atoms with E-state index >= 15 is 0 Å². The highest BCUT2D eigenvalue weighted by atomic mass is 15.2. The van der Waals surface area contributed by atoms with Crippen LogP contribution in [0.2, 0.25) is 0 Å². The second-order valence-electron chi connectivity index (χ2n) is 6.16. The van der Waals surface area contributed by atoms with Gasteiger partial charge in [-0.3, -0.25) is 0 Å². The first-order valence-corrected chi connectivity index (χ1v) is 8.02. The number of para-hydroxylation sites is 1. The van der Waals surface area contributed by atoms with E-state index in [1.165, 1.54) is 35.3 Å². The molecule has 0 bridgehead atoms. The van der Waals surface area contributed by atoms with E-state index in [-0.39, 0.29) is 6.04 Å². The van der Waals surface area contributed by atoms with Crippen LogP contribution in [0.25, 0.3) is 0 Å². The molecule has 2 N–H and O–H groups in total.